The fourth-order valence-electron chi connectivity index (χ4n) is 2.46. The third-order valence-electron chi connectivity index (χ3n) is 3.18. The summed E-state index contributed by atoms with van der Waals surface area (Å²) in [6.07, 6.45) is 0.502. The van der Waals surface area contributed by atoms with Gasteiger partial charge in [0.25, 0.3) is 0 Å². The van der Waals surface area contributed by atoms with Crippen LogP contribution in [0.4, 0.5) is 0 Å². The predicted octanol–water partition coefficient (Wildman–Crippen LogP) is 1.85. The highest BCUT2D eigenvalue weighted by atomic mass is 16.5. The van der Waals surface area contributed by atoms with Crippen LogP contribution in [0.2, 0.25) is 0 Å². The van der Waals surface area contributed by atoms with Crippen LogP contribution in [0.3, 0.4) is 0 Å². The van der Waals surface area contributed by atoms with Crippen molar-refractivity contribution in [2.75, 3.05) is 0 Å². The lowest BCUT2D eigenvalue weighted by molar-refractivity contribution is -0.137. The van der Waals surface area contributed by atoms with Gasteiger partial charge in [-0.3, -0.25) is 0 Å². The molecule has 2 unspecified atom stereocenters. The molecule has 0 aromatic carbocycles. The molecule has 0 amide bonds. The van der Waals surface area contributed by atoms with E-state index in [-0.39, 0.29) is 5.60 Å². The van der Waals surface area contributed by atoms with Crippen LogP contribution in [0.25, 0.3) is 0 Å². The van der Waals surface area contributed by atoms with Gasteiger partial charge in [-0.2, -0.15) is 5.26 Å². The molecular formula is C11H19NO2. The largest absolute Gasteiger partial charge is 0.385 e. The molecule has 1 aliphatic rings. The van der Waals surface area contributed by atoms with Crippen LogP contribution in [0.5, 0.6) is 0 Å². The second kappa shape index (κ2) is 2.95. The molecule has 1 N–H and O–H groups in total. The molecule has 80 valence electrons. The molecule has 1 rings (SSSR count). The van der Waals surface area contributed by atoms with Crippen LogP contribution in [-0.4, -0.2) is 21.9 Å². The van der Waals surface area contributed by atoms with E-state index in [2.05, 4.69) is 6.07 Å². The number of ether oxygens (including phenoxy) is 1. The van der Waals surface area contributed by atoms with Crippen LogP contribution in [0.15, 0.2) is 0 Å². The first-order chi connectivity index (χ1) is 6.15. The van der Waals surface area contributed by atoms with Gasteiger partial charge >= 0.3 is 0 Å². The molecule has 0 aromatic heterocycles. The molecule has 0 saturated carbocycles. The van der Waals surface area contributed by atoms with Gasteiger partial charge in [-0.15, -0.1) is 0 Å². The second-order valence-electron chi connectivity index (χ2n) is 5.32. The predicted molar refractivity (Wildman–Crippen MR) is 53.6 cm³/mol. The van der Waals surface area contributed by atoms with Crippen LogP contribution < -0.4 is 0 Å². The van der Waals surface area contributed by atoms with Crippen molar-refractivity contribution in [3.05, 3.63) is 0 Å². The maximum atomic E-state index is 10.5. The summed E-state index contributed by atoms with van der Waals surface area (Å²) in [7, 11) is 0. The maximum absolute atomic E-state index is 10.5. The van der Waals surface area contributed by atoms with Gasteiger partial charge in [-0.1, -0.05) is 0 Å². The van der Waals surface area contributed by atoms with Crippen LogP contribution in [0, 0.1) is 17.2 Å². The van der Waals surface area contributed by atoms with E-state index in [1.807, 2.05) is 27.7 Å². The Morgan fingerprint density at radius 3 is 2.14 bits per heavy atom. The van der Waals surface area contributed by atoms with Crippen LogP contribution in [0.1, 0.15) is 41.0 Å². The Hall–Kier alpha value is -0.590. The van der Waals surface area contributed by atoms with Gasteiger partial charge in [0.05, 0.1) is 23.2 Å². The van der Waals surface area contributed by atoms with Crippen molar-refractivity contribution in [3.63, 3.8) is 0 Å². The molecule has 14 heavy (non-hydrogen) atoms. The number of hydrogen-bond donors (Lipinski definition) is 1. The Kier molecular flexibility index (Phi) is 2.42. The van der Waals surface area contributed by atoms with Crippen molar-refractivity contribution in [2.45, 2.75) is 57.8 Å². The first-order valence-corrected chi connectivity index (χ1v) is 4.97. The maximum Gasteiger partial charge on any atom is 0.111 e. The average Bonchev–Trinajstić information content (AvgIpc) is 2.15. The van der Waals surface area contributed by atoms with Gasteiger partial charge in [0.2, 0.25) is 0 Å². The Bertz CT molecular complexity index is 278. The lowest BCUT2D eigenvalue weighted by atomic mass is 9.74. The lowest BCUT2D eigenvalue weighted by Crippen LogP contribution is -2.50. The summed E-state index contributed by atoms with van der Waals surface area (Å²) in [4.78, 5) is 0. The molecule has 2 atom stereocenters. The highest BCUT2D eigenvalue weighted by Gasteiger charge is 2.59. The van der Waals surface area contributed by atoms with Crippen molar-refractivity contribution >= 4 is 0 Å². The van der Waals surface area contributed by atoms with Gasteiger partial charge in [0.15, 0.2) is 0 Å². The third-order valence-corrected chi connectivity index (χ3v) is 3.18. The van der Waals surface area contributed by atoms with Gasteiger partial charge in [-0.05, 0) is 34.6 Å². The smallest absolute Gasteiger partial charge is 0.111 e. The van der Waals surface area contributed by atoms with E-state index in [1.54, 1.807) is 6.92 Å². The van der Waals surface area contributed by atoms with E-state index < -0.39 is 17.1 Å². The summed E-state index contributed by atoms with van der Waals surface area (Å²) in [5.74, 6) is -0.417. The standard InChI is InChI=1S/C11H19NO2/c1-8(6-12)11(13)7-9(2,3)14-10(11,4)5/h8,13H,7H2,1-5H3. The van der Waals surface area contributed by atoms with Crippen LogP contribution in [-0.2, 0) is 4.74 Å². The van der Waals surface area contributed by atoms with Crippen molar-refractivity contribution < 1.29 is 9.84 Å². The summed E-state index contributed by atoms with van der Waals surface area (Å²) in [5.41, 5.74) is -2.07. The number of nitriles is 1. The monoisotopic (exact) mass is 197 g/mol. The van der Waals surface area contributed by atoms with E-state index in [1.165, 1.54) is 0 Å². The van der Waals surface area contributed by atoms with E-state index >= 15 is 0 Å². The zero-order valence-electron chi connectivity index (χ0n) is 9.59. The normalized spacial score (nSPS) is 36.4. The van der Waals surface area contributed by atoms with Crippen molar-refractivity contribution in [1.29, 1.82) is 5.26 Å². The summed E-state index contributed by atoms with van der Waals surface area (Å²) in [6, 6.07) is 2.11. The van der Waals surface area contributed by atoms with E-state index in [4.69, 9.17) is 10.00 Å². The molecule has 3 nitrogen and oxygen atoms in total. The van der Waals surface area contributed by atoms with Crippen molar-refractivity contribution in [1.82, 2.24) is 0 Å². The number of aliphatic hydroxyl groups is 1. The third kappa shape index (κ3) is 1.53. The van der Waals surface area contributed by atoms with Gasteiger partial charge in [0.1, 0.15) is 5.60 Å². The first kappa shape index (κ1) is 11.5. The summed E-state index contributed by atoms with van der Waals surface area (Å²) >= 11 is 0. The van der Waals surface area contributed by atoms with E-state index in [9.17, 15) is 5.11 Å². The number of hydrogen-bond acceptors (Lipinski definition) is 3. The summed E-state index contributed by atoms with van der Waals surface area (Å²) in [6.45, 7) is 9.31. The highest BCUT2D eigenvalue weighted by Crippen LogP contribution is 2.48. The number of nitrogens with zero attached hydrogens (tertiary/aromatic N) is 1. The van der Waals surface area contributed by atoms with E-state index in [0.29, 0.717) is 6.42 Å². The molecule has 0 spiro atoms. The van der Waals surface area contributed by atoms with Crippen molar-refractivity contribution in [3.8, 4) is 6.07 Å². The van der Waals surface area contributed by atoms with E-state index in [0.717, 1.165) is 0 Å². The highest BCUT2D eigenvalue weighted by molar-refractivity contribution is 5.12. The summed E-state index contributed by atoms with van der Waals surface area (Å²) in [5, 5.41) is 19.4. The Morgan fingerprint density at radius 1 is 1.36 bits per heavy atom. The fourth-order valence-corrected chi connectivity index (χ4v) is 2.46. The molecule has 0 bridgehead atoms. The Labute approximate surface area is 85.7 Å². The molecule has 1 heterocycles. The minimum Gasteiger partial charge on any atom is -0.385 e. The molecule has 0 aliphatic carbocycles. The zero-order valence-corrected chi connectivity index (χ0v) is 9.59. The molecule has 1 fully saturated rings. The minimum atomic E-state index is -1.05. The Balaban J connectivity index is 3.06. The molecule has 0 aromatic rings. The van der Waals surface area contributed by atoms with Crippen LogP contribution >= 0.6 is 0 Å². The fraction of sp³-hybridized carbons (Fsp3) is 0.909. The van der Waals surface area contributed by atoms with Gasteiger partial charge in [-0.25, -0.2) is 0 Å². The Morgan fingerprint density at radius 2 is 1.86 bits per heavy atom. The SMILES string of the molecule is CC(C#N)C1(O)CC(C)(C)OC1(C)C. The molecule has 1 aliphatic heterocycles. The van der Waals surface area contributed by atoms with Gasteiger partial charge < -0.3 is 9.84 Å². The molecule has 3 heteroatoms. The summed E-state index contributed by atoms with van der Waals surface area (Å²) < 4.78 is 5.77. The van der Waals surface area contributed by atoms with Gasteiger partial charge in [0, 0.05) is 6.42 Å². The minimum absolute atomic E-state index is 0.358. The topological polar surface area (TPSA) is 53.2 Å². The second-order valence-corrected chi connectivity index (χ2v) is 5.32. The average molecular weight is 197 g/mol. The molecular weight excluding hydrogens is 178 g/mol. The lowest BCUT2D eigenvalue weighted by Gasteiger charge is -2.36. The molecule has 1 saturated heterocycles. The number of rotatable bonds is 1. The van der Waals surface area contributed by atoms with Crippen molar-refractivity contribution in [2.24, 2.45) is 5.92 Å². The molecule has 0 radical (unpaired) electrons. The first-order valence-electron chi connectivity index (χ1n) is 4.97. The zero-order chi connectivity index (χ0) is 11.2. The quantitative estimate of drug-likeness (QED) is 0.698.